The first-order chi connectivity index (χ1) is 15.3. The van der Waals surface area contributed by atoms with Crippen molar-refractivity contribution in [2.24, 2.45) is 0 Å². The molecule has 0 aliphatic carbocycles. The molecule has 0 saturated carbocycles. The van der Waals surface area contributed by atoms with E-state index in [4.69, 9.17) is 27.9 Å². The monoisotopic (exact) mass is 470 g/mol. The summed E-state index contributed by atoms with van der Waals surface area (Å²) in [7, 11) is 2.99. The van der Waals surface area contributed by atoms with E-state index in [1.807, 2.05) is 12.1 Å². The molecule has 0 bridgehead atoms. The fraction of sp³-hybridized carbons (Fsp3) is 0.208. The second-order valence-corrected chi connectivity index (χ2v) is 8.13. The van der Waals surface area contributed by atoms with E-state index in [0.29, 0.717) is 21.0 Å². The van der Waals surface area contributed by atoms with Gasteiger partial charge in [-0.2, -0.15) is 5.26 Å². The molecule has 0 fully saturated rings. The highest BCUT2D eigenvalue weighted by atomic mass is 35.5. The second-order valence-electron chi connectivity index (χ2n) is 7.32. The molecule has 1 unspecified atom stereocenters. The van der Waals surface area contributed by atoms with E-state index >= 15 is 0 Å². The minimum atomic E-state index is -1.00. The van der Waals surface area contributed by atoms with Gasteiger partial charge in [-0.1, -0.05) is 53.5 Å². The number of methoxy groups -OCH3 is 1. The fourth-order valence-corrected chi connectivity index (χ4v) is 4.01. The number of aliphatic carboxylic acids is 1. The first-order valence-electron chi connectivity index (χ1n) is 9.68. The van der Waals surface area contributed by atoms with Gasteiger partial charge >= 0.3 is 5.97 Å². The Morgan fingerprint density at radius 3 is 2.50 bits per heavy atom. The number of hydrogen-bond acceptors (Lipinski definition) is 4. The van der Waals surface area contributed by atoms with Crippen LogP contribution in [0.1, 0.15) is 33.8 Å². The fourth-order valence-electron chi connectivity index (χ4n) is 3.71. The van der Waals surface area contributed by atoms with E-state index in [-0.39, 0.29) is 35.7 Å². The molecule has 0 aliphatic heterocycles. The van der Waals surface area contributed by atoms with Gasteiger partial charge in [0.2, 0.25) is 0 Å². The molecule has 32 heavy (non-hydrogen) atoms. The van der Waals surface area contributed by atoms with Gasteiger partial charge in [0.05, 0.1) is 34.7 Å². The molecular weight excluding hydrogens is 451 g/mol. The first kappa shape index (κ1) is 23.4. The zero-order chi connectivity index (χ0) is 23.4. The van der Waals surface area contributed by atoms with Crippen LogP contribution in [0.25, 0.3) is 10.8 Å². The quantitative estimate of drug-likeness (QED) is 0.501. The molecule has 0 heterocycles. The molecule has 1 amide bonds. The number of nitrogens with zero attached hydrogens (tertiary/aromatic N) is 2. The number of carboxylic acids is 1. The summed E-state index contributed by atoms with van der Waals surface area (Å²) in [5.41, 5.74) is 1.16. The number of halogens is 2. The molecule has 1 atom stereocenters. The van der Waals surface area contributed by atoms with Crippen molar-refractivity contribution in [3.8, 4) is 11.8 Å². The highest BCUT2D eigenvalue weighted by Gasteiger charge is 2.26. The number of nitriles is 1. The van der Waals surface area contributed by atoms with Crippen LogP contribution in [-0.2, 0) is 4.79 Å². The Kier molecular flexibility index (Phi) is 7.24. The van der Waals surface area contributed by atoms with Crippen LogP contribution in [-0.4, -0.2) is 42.6 Å². The number of hydrogen-bond donors (Lipinski definition) is 1. The van der Waals surface area contributed by atoms with E-state index in [0.717, 1.165) is 5.39 Å². The van der Waals surface area contributed by atoms with Crippen LogP contribution in [0.3, 0.4) is 0 Å². The average Bonchev–Trinajstić information content (AvgIpc) is 2.78. The predicted molar refractivity (Wildman–Crippen MR) is 124 cm³/mol. The number of fused-ring (bicyclic) bond motifs is 1. The summed E-state index contributed by atoms with van der Waals surface area (Å²) in [4.78, 5) is 26.5. The highest BCUT2D eigenvalue weighted by Crippen LogP contribution is 2.34. The molecule has 164 valence electrons. The second kappa shape index (κ2) is 9.90. The van der Waals surface area contributed by atoms with E-state index in [2.05, 4.69) is 6.07 Å². The lowest BCUT2D eigenvalue weighted by Crippen LogP contribution is -2.32. The maximum absolute atomic E-state index is 13.5. The summed E-state index contributed by atoms with van der Waals surface area (Å²) in [5, 5.41) is 21.0. The van der Waals surface area contributed by atoms with Gasteiger partial charge in [0.1, 0.15) is 11.8 Å². The molecule has 0 saturated heterocycles. The van der Waals surface area contributed by atoms with Gasteiger partial charge in [0.15, 0.2) is 0 Å². The normalized spacial score (nSPS) is 11.6. The minimum Gasteiger partial charge on any atom is -0.495 e. The number of carboxylic acid groups (broad SMARTS) is 1. The largest absolute Gasteiger partial charge is 0.495 e. The molecule has 6 nitrogen and oxygen atoms in total. The summed E-state index contributed by atoms with van der Waals surface area (Å²) in [5.74, 6) is -1.72. The molecule has 0 spiro atoms. The number of amides is 1. The average molecular weight is 471 g/mol. The van der Waals surface area contributed by atoms with Crippen molar-refractivity contribution in [2.45, 2.75) is 12.3 Å². The number of ether oxygens (including phenoxy) is 1. The molecule has 8 heteroatoms. The van der Waals surface area contributed by atoms with E-state index < -0.39 is 11.9 Å². The summed E-state index contributed by atoms with van der Waals surface area (Å²) < 4.78 is 5.43. The van der Waals surface area contributed by atoms with Gasteiger partial charge in [-0.15, -0.1) is 0 Å². The standard InChI is InChI=1S/C24H20Cl2N2O4/c1-28(13-17(11-21(29)30)14-7-8-19(25)20(26)10-14)24(31)22-18-6-4-3-5-15(18)9-16(12-27)23(22)32-2/h3-10,17H,11,13H2,1-2H3,(H,29,30). The van der Waals surface area contributed by atoms with Crippen molar-refractivity contribution in [2.75, 3.05) is 20.7 Å². The molecular formula is C24H20Cl2N2O4. The van der Waals surface area contributed by atoms with Crippen molar-refractivity contribution in [3.63, 3.8) is 0 Å². The minimum absolute atomic E-state index is 0.108. The highest BCUT2D eigenvalue weighted by molar-refractivity contribution is 6.42. The van der Waals surface area contributed by atoms with Gasteiger partial charge in [0.25, 0.3) is 5.91 Å². The van der Waals surface area contributed by atoms with Crippen LogP contribution in [0.4, 0.5) is 0 Å². The third-order valence-corrected chi connectivity index (χ3v) is 5.96. The number of carbonyl (C=O) groups excluding carboxylic acids is 1. The van der Waals surface area contributed by atoms with Gasteiger partial charge in [-0.05, 0) is 34.5 Å². The Balaban J connectivity index is 2.03. The molecule has 1 N–H and O–H groups in total. The molecule has 0 radical (unpaired) electrons. The predicted octanol–water partition coefficient (Wildman–Crippen LogP) is 5.36. The molecule has 3 rings (SSSR count). The molecule has 0 aliphatic rings. The van der Waals surface area contributed by atoms with Crippen LogP contribution in [0.2, 0.25) is 10.0 Å². The lowest BCUT2D eigenvalue weighted by atomic mass is 9.94. The smallest absolute Gasteiger partial charge is 0.304 e. The zero-order valence-corrected chi connectivity index (χ0v) is 18.9. The maximum atomic E-state index is 13.5. The molecule has 3 aromatic rings. The Labute approximate surface area is 195 Å². The van der Waals surface area contributed by atoms with Crippen molar-refractivity contribution >= 4 is 45.9 Å². The topological polar surface area (TPSA) is 90.6 Å². The third kappa shape index (κ3) is 4.80. The Hall–Kier alpha value is -3.27. The molecule has 3 aromatic carbocycles. The van der Waals surface area contributed by atoms with E-state index in [1.54, 1.807) is 43.4 Å². The molecule has 0 aromatic heterocycles. The Morgan fingerprint density at radius 1 is 1.16 bits per heavy atom. The maximum Gasteiger partial charge on any atom is 0.304 e. The van der Waals surface area contributed by atoms with Crippen LogP contribution >= 0.6 is 23.2 Å². The Morgan fingerprint density at radius 2 is 1.88 bits per heavy atom. The van der Waals surface area contributed by atoms with E-state index in [1.165, 1.54) is 12.0 Å². The van der Waals surface area contributed by atoms with Crippen LogP contribution in [0.5, 0.6) is 5.75 Å². The summed E-state index contributed by atoms with van der Waals surface area (Å²) >= 11 is 12.1. The lowest BCUT2D eigenvalue weighted by molar-refractivity contribution is -0.137. The van der Waals surface area contributed by atoms with Crippen LogP contribution in [0.15, 0.2) is 48.5 Å². The zero-order valence-electron chi connectivity index (χ0n) is 17.4. The summed E-state index contributed by atoms with van der Waals surface area (Å²) in [6.07, 6.45) is -0.203. The third-order valence-electron chi connectivity index (χ3n) is 5.22. The van der Waals surface area contributed by atoms with Gasteiger partial charge < -0.3 is 14.7 Å². The lowest BCUT2D eigenvalue weighted by Gasteiger charge is -2.25. The van der Waals surface area contributed by atoms with Crippen LogP contribution in [0, 0.1) is 11.3 Å². The SMILES string of the molecule is COc1c(C#N)cc2ccccc2c1C(=O)N(C)CC(CC(=O)O)c1ccc(Cl)c(Cl)c1. The van der Waals surface area contributed by atoms with Gasteiger partial charge in [0, 0.05) is 19.5 Å². The van der Waals surface area contributed by atoms with Gasteiger partial charge in [-0.25, -0.2) is 0 Å². The Bertz CT molecular complexity index is 1240. The van der Waals surface area contributed by atoms with Crippen molar-refractivity contribution < 1.29 is 19.4 Å². The van der Waals surface area contributed by atoms with Crippen LogP contribution < -0.4 is 4.74 Å². The van der Waals surface area contributed by atoms with Crippen molar-refractivity contribution in [1.29, 1.82) is 5.26 Å². The summed E-state index contributed by atoms with van der Waals surface area (Å²) in [6, 6.07) is 15.9. The number of rotatable bonds is 7. The number of likely N-dealkylation sites (N-methyl/N-ethyl adjacent to an activating group) is 1. The number of benzene rings is 3. The summed E-state index contributed by atoms with van der Waals surface area (Å²) in [6.45, 7) is 0.108. The van der Waals surface area contributed by atoms with Crippen molar-refractivity contribution in [1.82, 2.24) is 4.90 Å². The van der Waals surface area contributed by atoms with Crippen molar-refractivity contribution in [3.05, 3.63) is 75.3 Å². The first-order valence-corrected chi connectivity index (χ1v) is 10.4. The van der Waals surface area contributed by atoms with E-state index in [9.17, 15) is 20.0 Å². The number of carbonyl (C=O) groups is 2. The van der Waals surface area contributed by atoms with Gasteiger partial charge in [-0.3, -0.25) is 9.59 Å².